The van der Waals surface area contributed by atoms with Gasteiger partial charge in [-0.1, -0.05) is 20.3 Å². The SMILES string of the molecule is CCC1CCC(NS(=O)(=O)c2cc(CNC)cs2)C1C. The molecule has 2 rings (SSSR count). The predicted octanol–water partition coefficient (Wildman–Crippen LogP) is 2.57. The van der Waals surface area contributed by atoms with E-state index in [1.165, 1.54) is 11.3 Å². The molecular formula is C14H24N2O2S2. The van der Waals surface area contributed by atoms with Gasteiger partial charge in [0, 0.05) is 12.6 Å². The average molecular weight is 316 g/mol. The highest BCUT2D eigenvalue weighted by molar-refractivity contribution is 7.91. The van der Waals surface area contributed by atoms with Crippen molar-refractivity contribution in [1.29, 1.82) is 0 Å². The van der Waals surface area contributed by atoms with Crippen molar-refractivity contribution in [2.45, 2.75) is 49.9 Å². The van der Waals surface area contributed by atoms with Gasteiger partial charge in [0.15, 0.2) is 0 Å². The summed E-state index contributed by atoms with van der Waals surface area (Å²) >= 11 is 1.30. The highest BCUT2D eigenvalue weighted by Crippen LogP contribution is 2.35. The number of sulfonamides is 1. The molecule has 3 atom stereocenters. The second-order valence-electron chi connectivity index (χ2n) is 5.64. The molecule has 1 fully saturated rings. The highest BCUT2D eigenvalue weighted by Gasteiger charge is 2.34. The smallest absolute Gasteiger partial charge is 0.250 e. The highest BCUT2D eigenvalue weighted by atomic mass is 32.2. The summed E-state index contributed by atoms with van der Waals surface area (Å²) < 4.78 is 28.2. The van der Waals surface area contributed by atoms with E-state index in [2.05, 4.69) is 23.9 Å². The molecule has 0 spiro atoms. The first-order valence-corrected chi connectivity index (χ1v) is 9.58. The lowest BCUT2D eigenvalue weighted by atomic mass is 9.94. The van der Waals surface area contributed by atoms with Crippen LogP contribution >= 0.6 is 11.3 Å². The lowest BCUT2D eigenvalue weighted by molar-refractivity contribution is 0.369. The van der Waals surface area contributed by atoms with E-state index in [9.17, 15) is 8.42 Å². The van der Waals surface area contributed by atoms with Crippen molar-refractivity contribution in [2.75, 3.05) is 7.05 Å². The van der Waals surface area contributed by atoms with Gasteiger partial charge in [0.1, 0.15) is 4.21 Å². The van der Waals surface area contributed by atoms with E-state index in [1.807, 2.05) is 12.4 Å². The first-order valence-electron chi connectivity index (χ1n) is 7.22. The molecule has 0 amide bonds. The van der Waals surface area contributed by atoms with Gasteiger partial charge in [0.2, 0.25) is 10.0 Å². The van der Waals surface area contributed by atoms with E-state index >= 15 is 0 Å². The Kier molecular flexibility index (Phi) is 5.23. The molecule has 20 heavy (non-hydrogen) atoms. The molecule has 1 saturated carbocycles. The molecule has 4 nitrogen and oxygen atoms in total. The second-order valence-corrected chi connectivity index (χ2v) is 8.49. The molecular weight excluding hydrogens is 292 g/mol. The first-order chi connectivity index (χ1) is 9.47. The molecule has 1 aliphatic rings. The third kappa shape index (κ3) is 3.42. The number of thiophene rings is 1. The van der Waals surface area contributed by atoms with Crippen LogP contribution in [-0.2, 0) is 16.6 Å². The van der Waals surface area contributed by atoms with Crippen molar-refractivity contribution < 1.29 is 8.42 Å². The van der Waals surface area contributed by atoms with E-state index in [-0.39, 0.29) is 6.04 Å². The Morgan fingerprint density at radius 3 is 2.75 bits per heavy atom. The van der Waals surface area contributed by atoms with Crippen LogP contribution in [0.1, 0.15) is 38.7 Å². The molecule has 2 N–H and O–H groups in total. The Morgan fingerprint density at radius 2 is 2.15 bits per heavy atom. The molecule has 0 bridgehead atoms. The lowest BCUT2D eigenvalue weighted by Crippen LogP contribution is -2.37. The zero-order valence-corrected chi connectivity index (χ0v) is 14.0. The topological polar surface area (TPSA) is 58.2 Å². The molecule has 0 aromatic carbocycles. The maximum absolute atomic E-state index is 12.4. The Hall–Kier alpha value is -0.430. The Bertz CT molecular complexity index is 539. The van der Waals surface area contributed by atoms with Crippen LogP contribution in [0.25, 0.3) is 0 Å². The monoisotopic (exact) mass is 316 g/mol. The molecule has 114 valence electrons. The van der Waals surface area contributed by atoms with Crippen LogP contribution in [0.3, 0.4) is 0 Å². The van der Waals surface area contributed by atoms with Gasteiger partial charge < -0.3 is 5.32 Å². The minimum atomic E-state index is -3.37. The summed E-state index contributed by atoms with van der Waals surface area (Å²) in [5, 5.41) is 4.93. The van der Waals surface area contributed by atoms with Gasteiger partial charge in [-0.3, -0.25) is 0 Å². The van der Waals surface area contributed by atoms with Gasteiger partial charge in [0.25, 0.3) is 0 Å². The van der Waals surface area contributed by atoms with Crippen LogP contribution in [0.15, 0.2) is 15.7 Å². The summed E-state index contributed by atoms with van der Waals surface area (Å²) in [4.78, 5) is 0. The Morgan fingerprint density at radius 1 is 1.40 bits per heavy atom. The molecule has 0 aliphatic heterocycles. The van der Waals surface area contributed by atoms with Crippen molar-refractivity contribution in [3.63, 3.8) is 0 Å². The van der Waals surface area contributed by atoms with Crippen molar-refractivity contribution in [3.8, 4) is 0 Å². The molecule has 3 unspecified atom stereocenters. The molecule has 1 aliphatic carbocycles. The van der Waals surface area contributed by atoms with Crippen molar-refractivity contribution in [2.24, 2.45) is 11.8 Å². The molecule has 1 aromatic heterocycles. The average Bonchev–Trinajstić information content (AvgIpc) is 2.99. The summed E-state index contributed by atoms with van der Waals surface area (Å²) in [6, 6.07) is 1.85. The standard InChI is InChI=1S/C14H24N2O2S2/c1-4-12-5-6-13(10(12)2)16-20(17,18)14-7-11(8-15-3)9-19-14/h7,9-10,12-13,15-16H,4-6,8H2,1-3H3. The largest absolute Gasteiger partial charge is 0.316 e. The Balaban J connectivity index is 2.07. The van der Waals surface area contributed by atoms with E-state index in [0.29, 0.717) is 22.6 Å². The van der Waals surface area contributed by atoms with Crippen LogP contribution in [-0.4, -0.2) is 21.5 Å². The zero-order valence-electron chi connectivity index (χ0n) is 12.3. The summed E-state index contributed by atoms with van der Waals surface area (Å²) in [6.45, 7) is 5.04. The lowest BCUT2D eigenvalue weighted by Gasteiger charge is -2.20. The second kappa shape index (κ2) is 6.56. The minimum absolute atomic E-state index is 0.0831. The molecule has 0 radical (unpaired) electrons. The summed E-state index contributed by atoms with van der Waals surface area (Å²) in [7, 11) is -1.51. The van der Waals surface area contributed by atoms with Gasteiger partial charge in [0.05, 0.1) is 0 Å². The fourth-order valence-corrected chi connectivity index (χ4v) is 5.63. The van der Waals surface area contributed by atoms with Crippen molar-refractivity contribution >= 4 is 21.4 Å². The van der Waals surface area contributed by atoms with E-state index in [0.717, 1.165) is 24.8 Å². The predicted molar refractivity (Wildman–Crippen MR) is 83.4 cm³/mol. The van der Waals surface area contributed by atoms with E-state index in [4.69, 9.17) is 0 Å². The van der Waals surface area contributed by atoms with Gasteiger partial charge in [-0.2, -0.15) is 0 Å². The number of nitrogens with one attached hydrogen (secondary N) is 2. The Labute approximate surface area is 126 Å². The maximum Gasteiger partial charge on any atom is 0.250 e. The normalized spacial score (nSPS) is 27.1. The van der Waals surface area contributed by atoms with E-state index in [1.54, 1.807) is 6.07 Å². The third-order valence-corrected chi connectivity index (χ3v) is 7.31. The molecule has 0 saturated heterocycles. The van der Waals surface area contributed by atoms with E-state index < -0.39 is 10.0 Å². The van der Waals surface area contributed by atoms with Gasteiger partial charge in [-0.25, -0.2) is 13.1 Å². The van der Waals surface area contributed by atoms with Crippen LogP contribution in [0.5, 0.6) is 0 Å². The van der Waals surface area contributed by atoms with Crippen LogP contribution in [0.4, 0.5) is 0 Å². The summed E-state index contributed by atoms with van der Waals surface area (Å²) in [6.07, 6.45) is 3.21. The minimum Gasteiger partial charge on any atom is -0.316 e. The fourth-order valence-electron chi connectivity index (χ4n) is 3.04. The van der Waals surface area contributed by atoms with Crippen molar-refractivity contribution in [1.82, 2.24) is 10.0 Å². The quantitative estimate of drug-likeness (QED) is 0.848. The van der Waals surface area contributed by atoms with Gasteiger partial charge in [-0.15, -0.1) is 11.3 Å². The number of rotatable bonds is 6. The third-order valence-electron chi connectivity index (χ3n) is 4.33. The van der Waals surface area contributed by atoms with Crippen LogP contribution in [0.2, 0.25) is 0 Å². The van der Waals surface area contributed by atoms with Gasteiger partial charge >= 0.3 is 0 Å². The van der Waals surface area contributed by atoms with Crippen LogP contribution < -0.4 is 10.0 Å². The number of hydrogen-bond donors (Lipinski definition) is 2. The van der Waals surface area contributed by atoms with Crippen LogP contribution in [0, 0.1) is 11.8 Å². The molecule has 1 heterocycles. The molecule has 1 aromatic rings. The fraction of sp³-hybridized carbons (Fsp3) is 0.714. The first kappa shape index (κ1) is 15.9. The zero-order chi connectivity index (χ0) is 14.8. The molecule has 6 heteroatoms. The summed E-state index contributed by atoms with van der Waals surface area (Å²) in [5.74, 6) is 1.07. The summed E-state index contributed by atoms with van der Waals surface area (Å²) in [5.41, 5.74) is 1.02. The van der Waals surface area contributed by atoms with Gasteiger partial charge in [-0.05, 0) is 48.7 Å². The van der Waals surface area contributed by atoms with Crippen molar-refractivity contribution in [3.05, 3.63) is 17.0 Å². The maximum atomic E-state index is 12.4. The number of hydrogen-bond acceptors (Lipinski definition) is 4.